The van der Waals surface area contributed by atoms with E-state index in [0.717, 1.165) is 0 Å². The van der Waals surface area contributed by atoms with Crippen LogP contribution in [0.2, 0.25) is 0 Å². The van der Waals surface area contributed by atoms with Crippen LogP contribution >= 0.6 is 0 Å². The van der Waals surface area contributed by atoms with Crippen molar-refractivity contribution in [2.24, 2.45) is 0 Å². The highest BCUT2D eigenvalue weighted by atomic mass is 16.6. The molecule has 2 rings (SSSR count). The molecule has 0 saturated carbocycles. The van der Waals surface area contributed by atoms with Crippen molar-refractivity contribution < 1.29 is 14.5 Å². The second kappa shape index (κ2) is 5.83. The van der Waals surface area contributed by atoms with Crippen molar-refractivity contribution in [1.82, 2.24) is 0 Å². The number of carbonyl (C=O) groups excluding carboxylic acids is 1. The lowest BCUT2D eigenvalue weighted by Crippen LogP contribution is -2.05. The fourth-order valence-corrected chi connectivity index (χ4v) is 1.61. The number of nitrogens with zero attached hydrogens (tertiary/aromatic N) is 1. The molecule has 1 amide bonds. The summed E-state index contributed by atoms with van der Waals surface area (Å²) in [5.41, 5.74) is 0.626. The van der Waals surface area contributed by atoms with Gasteiger partial charge >= 0.3 is 0 Å². The topological polar surface area (TPSA) is 81.5 Å². The first-order valence-electron chi connectivity index (χ1n) is 5.84. The third kappa shape index (κ3) is 3.55. The lowest BCUT2D eigenvalue weighted by Gasteiger charge is -2.07. The van der Waals surface area contributed by atoms with E-state index in [9.17, 15) is 14.9 Å². The van der Waals surface area contributed by atoms with Crippen molar-refractivity contribution >= 4 is 17.3 Å². The predicted octanol–water partition coefficient (Wildman–Crippen LogP) is 3.35. The molecule has 2 aromatic rings. The summed E-state index contributed by atoms with van der Waals surface area (Å²) in [6.07, 6.45) is 0. The van der Waals surface area contributed by atoms with Gasteiger partial charge in [0.25, 0.3) is 5.69 Å². The molecular formula is C14H12N2O4. The van der Waals surface area contributed by atoms with Gasteiger partial charge in [-0.25, -0.2) is 0 Å². The van der Waals surface area contributed by atoms with Gasteiger partial charge in [0, 0.05) is 18.7 Å². The van der Waals surface area contributed by atoms with Crippen LogP contribution in [-0.2, 0) is 4.79 Å². The Morgan fingerprint density at radius 3 is 2.45 bits per heavy atom. The number of rotatable bonds is 4. The summed E-state index contributed by atoms with van der Waals surface area (Å²) < 4.78 is 5.51. The van der Waals surface area contributed by atoms with Crippen LogP contribution in [-0.4, -0.2) is 10.8 Å². The molecule has 1 N–H and O–H groups in total. The normalized spacial score (nSPS) is 9.85. The second-order valence-electron chi connectivity index (χ2n) is 4.06. The molecule has 0 bridgehead atoms. The maximum absolute atomic E-state index is 10.9. The SMILES string of the molecule is CC(=O)Nc1ccc(Oc2cccc([N+](=O)[O-])c2)cc1. The van der Waals surface area contributed by atoms with Gasteiger partial charge in [0.05, 0.1) is 11.0 Å². The Balaban J connectivity index is 2.11. The highest BCUT2D eigenvalue weighted by molar-refractivity contribution is 5.88. The Hall–Kier alpha value is -2.89. The highest BCUT2D eigenvalue weighted by Gasteiger charge is 2.07. The van der Waals surface area contributed by atoms with Gasteiger partial charge in [-0.3, -0.25) is 14.9 Å². The Bertz CT molecular complexity index is 638. The molecule has 0 fully saturated rings. The van der Waals surface area contributed by atoms with Crippen LogP contribution in [0.15, 0.2) is 48.5 Å². The number of nitro benzene ring substituents is 1. The van der Waals surface area contributed by atoms with Crippen molar-refractivity contribution in [3.8, 4) is 11.5 Å². The van der Waals surface area contributed by atoms with Crippen LogP contribution in [0.4, 0.5) is 11.4 Å². The van der Waals surface area contributed by atoms with Crippen LogP contribution in [0.3, 0.4) is 0 Å². The van der Waals surface area contributed by atoms with E-state index in [1.54, 1.807) is 36.4 Å². The third-order valence-corrected chi connectivity index (χ3v) is 2.44. The maximum atomic E-state index is 10.9. The van der Waals surface area contributed by atoms with Crippen molar-refractivity contribution in [3.63, 3.8) is 0 Å². The Kier molecular flexibility index (Phi) is 3.95. The Morgan fingerprint density at radius 2 is 1.85 bits per heavy atom. The smallest absolute Gasteiger partial charge is 0.273 e. The molecule has 0 radical (unpaired) electrons. The molecule has 0 aliphatic heterocycles. The first-order chi connectivity index (χ1) is 9.54. The number of ether oxygens (including phenoxy) is 1. The van der Waals surface area contributed by atoms with Gasteiger partial charge in [-0.15, -0.1) is 0 Å². The lowest BCUT2D eigenvalue weighted by atomic mass is 10.3. The molecule has 0 unspecified atom stereocenters. The summed E-state index contributed by atoms with van der Waals surface area (Å²) in [7, 11) is 0. The summed E-state index contributed by atoms with van der Waals surface area (Å²) in [6.45, 7) is 1.42. The van der Waals surface area contributed by atoms with Crippen LogP contribution in [0.25, 0.3) is 0 Å². The van der Waals surface area contributed by atoms with E-state index in [4.69, 9.17) is 4.74 Å². The summed E-state index contributed by atoms with van der Waals surface area (Å²) in [5.74, 6) is 0.753. The van der Waals surface area contributed by atoms with Crippen LogP contribution < -0.4 is 10.1 Å². The zero-order valence-electron chi connectivity index (χ0n) is 10.7. The minimum atomic E-state index is -0.479. The third-order valence-electron chi connectivity index (χ3n) is 2.44. The molecular weight excluding hydrogens is 260 g/mol. The van der Waals surface area contributed by atoms with E-state index in [0.29, 0.717) is 17.2 Å². The lowest BCUT2D eigenvalue weighted by molar-refractivity contribution is -0.384. The van der Waals surface area contributed by atoms with Crippen molar-refractivity contribution in [2.45, 2.75) is 6.92 Å². The average molecular weight is 272 g/mol. The minimum absolute atomic E-state index is 0.0302. The van der Waals surface area contributed by atoms with Crippen molar-refractivity contribution in [2.75, 3.05) is 5.32 Å². The number of non-ortho nitro benzene ring substituents is 1. The van der Waals surface area contributed by atoms with Gasteiger partial charge in [-0.2, -0.15) is 0 Å². The van der Waals surface area contributed by atoms with E-state index in [1.165, 1.54) is 19.1 Å². The molecule has 20 heavy (non-hydrogen) atoms. The number of hydrogen-bond acceptors (Lipinski definition) is 4. The Morgan fingerprint density at radius 1 is 1.15 bits per heavy atom. The molecule has 2 aromatic carbocycles. The second-order valence-corrected chi connectivity index (χ2v) is 4.06. The van der Waals surface area contributed by atoms with Gasteiger partial charge in [0.1, 0.15) is 11.5 Å². The number of anilines is 1. The van der Waals surface area contributed by atoms with Gasteiger partial charge in [0.15, 0.2) is 0 Å². The van der Waals surface area contributed by atoms with Crippen molar-refractivity contribution in [3.05, 3.63) is 58.6 Å². The number of amides is 1. The van der Waals surface area contributed by atoms with Crippen LogP contribution in [0.5, 0.6) is 11.5 Å². The zero-order valence-corrected chi connectivity index (χ0v) is 10.7. The van der Waals surface area contributed by atoms with Crippen LogP contribution in [0, 0.1) is 10.1 Å². The van der Waals surface area contributed by atoms with Gasteiger partial charge in [-0.1, -0.05) is 6.07 Å². The molecule has 0 aromatic heterocycles. The van der Waals surface area contributed by atoms with E-state index in [-0.39, 0.29) is 11.6 Å². The van der Waals surface area contributed by atoms with Gasteiger partial charge < -0.3 is 10.1 Å². The molecule has 0 atom stereocenters. The summed E-state index contributed by atoms with van der Waals surface area (Å²) in [5, 5.41) is 13.3. The molecule has 102 valence electrons. The molecule has 0 aliphatic carbocycles. The summed E-state index contributed by atoms with van der Waals surface area (Å²) in [6, 6.07) is 12.7. The largest absolute Gasteiger partial charge is 0.457 e. The highest BCUT2D eigenvalue weighted by Crippen LogP contribution is 2.26. The van der Waals surface area contributed by atoms with Crippen LogP contribution in [0.1, 0.15) is 6.92 Å². The van der Waals surface area contributed by atoms with Crippen molar-refractivity contribution in [1.29, 1.82) is 0 Å². The molecule has 6 heteroatoms. The number of carbonyl (C=O) groups is 1. The zero-order chi connectivity index (χ0) is 14.5. The predicted molar refractivity (Wildman–Crippen MR) is 73.9 cm³/mol. The number of hydrogen-bond donors (Lipinski definition) is 1. The number of benzene rings is 2. The first-order valence-corrected chi connectivity index (χ1v) is 5.84. The monoisotopic (exact) mass is 272 g/mol. The Labute approximate surface area is 115 Å². The first kappa shape index (κ1) is 13.5. The fraction of sp³-hybridized carbons (Fsp3) is 0.0714. The molecule has 6 nitrogen and oxygen atoms in total. The summed E-state index contributed by atoms with van der Waals surface area (Å²) in [4.78, 5) is 21.1. The van der Waals surface area contributed by atoms with Gasteiger partial charge in [-0.05, 0) is 30.3 Å². The molecule has 0 saturated heterocycles. The average Bonchev–Trinajstić information content (AvgIpc) is 2.41. The fourth-order valence-electron chi connectivity index (χ4n) is 1.61. The van der Waals surface area contributed by atoms with E-state index in [2.05, 4.69) is 5.32 Å². The molecule has 0 aliphatic rings. The van der Waals surface area contributed by atoms with Gasteiger partial charge in [0.2, 0.25) is 5.91 Å². The van der Waals surface area contributed by atoms with E-state index >= 15 is 0 Å². The minimum Gasteiger partial charge on any atom is -0.457 e. The maximum Gasteiger partial charge on any atom is 0.273 e. The van der Waals surface area contributed by atoms with E-state index < -0.39 is 4.92 Å². The van der Waals surface area contributed by atoms with E-state index in [1.807, 2.05) is 0 Å². The number of nitro groups is 1. The number of nitrogens with one attached hydrogen (secondary N) is 1. The summed E-state index contributed by atoms with van der Waals surface area (Å²) >= 11 is 0. The molecule has 0 heterocycles. The quantitative estimate of drug-likeness (QED) is 0.683. The standard InChI is InChI=1S/C14H12N2O4/c1-10(17)15-11-5-7-13(8-6-11)20-14-4-2-3-12(9-14)16(18)19/h2-9H,1H3,(H,15,17). The molecule has 0 spiro atoms.